The van der Waals surface area contributed by atoms with Gasteiger partial charge in [0.2, 0.25) is 0 Å². The van der Waals surface area contributed by atoms with Crippen molar-refractivity contribution in [1.29, 1.82) is 0 Å². The van der Waals surface area contributed by atoms with E-state index in [-0.39, 0.29) is 11.7 Å². The molecule has 1 fully saturated rings. The van der Waals surface area contributed by atoms with Crippen LogP contribution < -0.4 is 5.43 Å². The molecule has 0 bridgehead atoms. The Hall–Kier alpha value is -2.53. The Bertz CT molecular complexity index is 703. The minimum atomic E-state index is -0.358. The van der Waals surface area contributed by atoms with Gasteiger partial charge in [0, 0.05) is 43.8 Å². The zero-order chi connectivity index (χ0) is 16.8. The Labute approximate surface area is 141 Å². The maximum Gasteiger partial charge on any atom is 0.271 e. The smallest absolute Gasteiger partial charge is 0.271 e. The van der Waals surface area contributed by atoms with Crippen LogP contribution in [-0.2, 0) is 6.54 Å². The first-order chi connectivity index (χ1) is 11.7. The maximum absolute atomic E-state index is 12.9. The Balaban J connectivity index is 1.48. The molecule has 3 rings (SSSR count). The number of carbonyl (C=O) groups is 1. The van der Waals surface area contributed by atoms with Crippen molar-refractivity contribution in [2.24, 2.45) is 5.10 Å². The lowest BCUT2D eigenvalue weighted by Gasteiger charge is -2.27. The minimum absolute atomic E-state index is 0.311. The van der Waals surface area contributed by atoms with Crippen molar-refractivity contribution >= 4 is 11.6 Å². The molecular weight excluding hydrogens is 305 g/mol. The average molecular weight is 325 g/mol. The molecule has 0 aliphatic carbocycles. The number of benzene rings is 2. The molecule has 1 heterocycles. The van der Waals surface area contributed by atoms with E-state index in [4.69, 9.17) is 0 Å². The fourth-order valence-electron chi connectivity index (χ4n) is 2.72. The summed E-state index contributed by atoms with van der Waals surface area (Å²) < 4.78 is 12.9. The Morgan fingerprint density at radius 1 is 1.04 bits per heavy atom. The molecule has 2 aromatic rings. The number of carbonyl (C=O) groups excluding carboxylic acids is 1. The van der Waals surface area contributed by atoms with Crippen molar-refractivity contribution in [3.05, 3.63) is 71.5 Å². The van der Waals surface area contributed by atoms with Crippen LogP contribution in [0.4, 0.5) is 4.39 Å². The summed E-state index contributed by atoms with van der Waals surface area (Å²) in [6.07, 6.45) is 1.69. The van der Waals surface area contributed by atoms with E-state index in [0.717, 1.165) is 38.2 Å². The van der Waals surface area contributed by atoms with E-state index >= 15 is 0 Å². The van der Waals surface area contributed by atoms with E-state index in [0.29, 0.717) is 5.56 Å². The molecule has 0 atom stereocenters. The molecule has 2 aromatic carbocycles. The summed E-state index contributed by atoms with van der Waals surface area (Å²) in [5.41, 5.74) is 5.27. The summed E-state index contributed by atoms with van der Waals surface area (Å²) in [5, 5.41) is 4.22. The molecule has 1 N–H and O–H groups in total. The largest absolute Gasteiger partial charge is 0.298 e. The van der Waals surface area contributed by atoms with Gasteiger partial charge in [0.25, 0.3) is 5.91 Å². The molecule has 0 saturated carbocycles. The minimum Gasteiger partial charge on any atom is -0.298 e. The SMILES string of the molecule is O=C(NN=C1CCN(Cc2ccccc2)CC1)c1ccc(F)cc1. The first kappa shape index (κ1) is 16.3. The van der Waals surface area contributed by atoms with Crippen LogP contribution in [0.25, 0.3) is 0 Å². The molecular formula is C19H20FN3O. The summed E-state index contributed by atoms with van der Waals surface area (Å²) in [6, 6.07) is 15.8. The molecule has 1 aliphatic rings. The summed E-state index contributed by atoms with van der Waals surface area (Å²) in [6.45, 7) is 2.80. The van der Waals surface area contributed by atoms with E-state index in [2.05, 4.69) is 39.7 Å². The second-order valence-corrected chi connectivity index (χ2v) is 5.89. The molecule has 0 unspecified atom stereocenters. The van der Waals surface area contributed by atoms with Gasteiger partial charge in [0.1, 0.15) is 5.82 Å². The highest BCUT2D eigenvalue weighted by atomic mass is 19.1. The standard InChI is InChI=1S/C19H20FN3O/c20-17-8-6-16(7-9-17)19(24)22-21-18-10-12-23(13-11-18)14-15-4-2-1-3-5-15/h1-9H,10-14H2,(H,22,24). The topological polar surface area (TPSA) is 44.7 Å². The first-order valence-electron chi connectivity index (χ1n) is 8.08. The van der Waals surface area contributed by atoms with Gasteiger partial charge >= 0.3 is 0 Å². The maximum atomic E-state index is 12.9. The summed E-state index contributed by atoms with van der Waals surface area (Å²) in [5.74, 6) is -0.669. The quantitative estimate of drug-likeness (QED) is 0.877. The van der Waals surface area contributed by atoms with Gasteiger partial charge in [-0.15, -0.1) is 0 Å². The number of piperidine rings is 1. The molecule has 1 aliphatic heterocycles. The molecule has 24 heavy (non-hydrogen) atoms. The van der Waals surface area contributed by atoms with Gasteiger partial charge in [-0.05, 0) is 29.8 Å². The van der Waals surface area contributed by atoms with Crippen molar-refractivity contribution < 1.29 is 9.18 Å². The lowest BCUT2D eigenvalue weighted by molar-refractivity contribution is 0.0954. The van der Waals surface area contributed by atoms with Crippen molar-refractivity contribution in [2.75, 3.05) is 13.1 Å². The second-order valence-electron chi connectivity index (χ2n) is 5.89. The molecule has 0 radical (unpaired) electrons. The second kappa shape index (κ2) is 7.84. The predicted octanol–water partition coefficient (Wildman–Crippen LogP) is 3.21. The van der Waals surface area contributed by atoms with Crippen molar-refractivity contribution in [3.63, 3.8) is 0 Å². The highest BCUT2D eigenvalue weighted by molar-refractivity contribution is 5.95. The van der Waals surface area contributed by atoms with E-state index in [1.165, 1.54) is 29.8 Å². The van der Waals surface area contributed by atoms with E-state index < -0.39 is 0 Å². The third-order valence-electron chi connectivity index (χ3n) is 4.10. The first-order valence-corrected chi connectivity index (χ1v) is 8.08. The Kier molecular flexibility index (Phi) is 5.33. The van der Waals surface area contributed by atoms with E-state index in [1.54, 1.807) is 0 Å². The Morgan fingerprint density at radius 2 is 1.71 bits per heavy atom. The molecule has 124 valence electrons. The summed E-state index contributed by atoms with van der Waals surface area (Å²) in [4.78, 5) is 14.3. The van der Waals surface area contributed by atoms with Gasteiger partial charge < -0.3 is 0 Å². The van der Waals surface area contributed by atoms with Gasteiger partial charge in [-0.25, -0.2) is 9.82 Å². The number of nitrogens with one attached hydrogen (secondary N) is 1. The monoisotopic (exact) mass is 325 g/mol. The number of hydrogen-bond acceptors (Lipinski definition) is 3. The van der Waals surface area contributed by atoms with Crippen molar-refractivity contribution in [2.45, 2.75) is 19.4 Å². The molecule has 5 heteroatoms. The van der Waals surface area contributed by atoms with Gasteiger partial charge in [-0.2, -0.15) is 5.10 Å². The number of halogens is 1. The van der Waals surface area contributed by atoms with Crippen LogP contribution >= 0.6 is 0 Å². The summed E-state index contributed by atoms with van der Waals surface area (Å²) >= 11 is 0. The van der Waals surface area contributed by atoms with Gasteiger partial charge in [0.15, 0.2) is 0 Å². The molecule has 1 amide bonds. The van der Waals surface area contributed by atoms with Crippen LogP contribution in [0.2, 0.25) is 0 Å². The van der Waals surface area contributed by atoms with Crippen LogP contribution in [0.15, 0.2) is 59.7 Å². The number of likely N-dealkylation sites (tertiary alicyclic amines) is 1. The van der Waals surface area contributed by atoms with Crippen LogP contribution in [0, 0.1) is 5.82 Å². The third-order valence-corrected chi connectivity index (χ3v) is 4.10. The zero-order valence-corrected chi connectivity index (χ0v) is 13.4. The Morgan fingerprint density at radius 3 is 2.38 bits per heavy atom. The van der Waals surface area contributed by atoms with Crippen LogP contribution in [0.1, 0.15) is 28.8 Å². The van der Waals surface area contributed by atoms with E-state index in [9.17, 15) is 9.18 Å². The van der Waals surface area contributed by atoms with Crippen molar-refractivity contribution in [1.82, 2.24) is 10.3 Å². The van der Waals surface area contributed by atoms with Crippen LogP contribution in [0.5, 0.6) is 0 Å². The summed E-state index contributed by atoms with van der Waals surface area (Å²) in [7, 11) is 0. The lowest BCUT2D eigenvalue weighted by Crippen LogP contribution is -2.34. The lowest BCUT2D eigenvalue weighted by atomic mass is 10.1. The number of hydrogen-bond donors (Lipinski definition) is 1. The van der Waals surface area contributed by atoms with E-state index in [1.807, 2.05) is 6.07 Å². The average Bonchev–Trinajstić information content (AvgIpc) is 2.62. The van der Waals surface area contributed by atoms with Gasteiger partial charge in [0.05, 0.1) is 0 Å². The molecule has 1 saturated heterocycles. The predicted molar refractivity (Wildman–Crippen MR) is 92.3 cm³/mol. The molecule has 0 aromatic heterocycles. The number of amides is 1. The normalized spacial score (nSPS) is 15.1. The number of nitrogens with zero attached hydrogens (tertiary/aromatic N) is 2. The molecule has 4 nitrogen and oxygen atoms in total. The number of rotatable bonds is 4. The van der Waals surface area contributed by atoms with Crippen LogP contribution in [-0.4, -0.2) is 29.6 Å². The fourth-order valence-corrected chi connectivity index (χ4v) is 2.72. The van der Waals surface area contributed by atoms with Crippen LogP contribution in [0.3, 0.4) is 0 Å². The fraction of sp³-hybridized carbons (Fsp3) is 0.263. The number of hydrazone groups is 1. The van der Waals surface area contributed by atoms with Crippen molar-refractivity contribution in [3.8, 4) is 0 Å². The highest BCUT2D eigenvalue weighted by Gasteiger charge is 2.15. The molecule has 0 spiro atoms. The highest BCUT2D eigenvalue weighted by Crippen LogP contribution is 2.12. The van der Waals surface area contributed by atoms with Gasteiger partial charge in [-0.1, -0.05) is 30.3 Å². The van der Waals surface area contributed by atoms with Gasteiger partial charge in [-0.3, -0.25) is 9.69 Å². The zero-order valence-electron chi connectivity index (χ0n) is 13.4. The third kappa shape index (κ3) is 4.49.